The van der Waals surface area contributed by atoms with E-state index in [2.05, 4.69) is 19.2 Å². The first-order valence-corrected chi connectivity index (χ1v) is 6.27. The smallest absolute Gasteiger partial charge is 0.227 e. The summed E-state index contributed by atoms with van der Waals surface area (Å²) in [6.45, 7) is 6.96. The molecule has 2 heterocycles. The van der Waals surface area contributed by atoms with Gasteiger partial charge in [0.25, 0.3) is 0 Å². The Morgan fingerprint density at radius 3 is 2.69 bits per heavy atom. The van der Waals surface area contributed by atoms with Gasteiger partial charge in [-0.3, -0.25) is 4.79 Å². The molecule has 1 amide bonds. The van der Waals surface area contributed by atoms with Crippen molar-refractivity contribution < 1.29 is 9.90 Å². The van der Waals surface area contributed by atoms with Gasteiger partial charge in [-0.05, 0) is 18.9 Å². The Kier molecular flexibility index (Phi) is 3.22. The third kappa shape index (κ3) is 2.09. The third-order valence-corrected chi connectivity index (χ3v) is 3.83. The Balaban J connectivity index is 1.85. The molecule has 0 spiro atoms. The van der Waals surface area contributed by atoms with Crippen LogP contribution in [0.4, 0.5) is 0 Å². The SMILES string of the molecule is CCCC1(O)CN(C(=O)[C@@H]2CNC[C@H]2C)C1. The summed E-state index contributed by atoms with van der Waals surface area (Å²) >= 11 is 0. The summed E-state index contributed by atoms with van der Waals surface area (Å²) in [4.78, 5) is 13.9. The van der Waals surface area contributed by atoms with Crippen LogP contribution in [-0.2, 0) is 4.79 Å². The summed E-state index contributed by atoms with van der Waals surface area (Å²) in [5.41, 5.74) is -0.598. The van der Waals surface area contributed by atoms with Gasteiger partial charge in [-0.15, -0.1) is 0 Å². The van der Waals surface area contributed by atoms with Crippen molar-refractivity contribution in [1.29, 1.82) is 0 Å². The maximum atomic E-state index is 12.1. The summed E-state index contributed by atoms with van der Waals surface area (Å²) in [6.07, 6.45) is 1.77. The molecule has 2 rings (SSSR count). The number of hydrogen-bond donors (Lipinski definition) is 2. The summed E-state index contributed by atoms with van der Waals surface area (Å²) < 4.78 is 0. The topological polar surface area (TPSA) is 52.6 Å². The number of nitrogens with zero attached hydrogens (tertiary/aromatic N) is 1. The minimum atomic E-state index is -0.598. The van der Waals surface area contributed by atoms with Crippen LogP contribution in [0.3, 0.4) is 0 Å². The van der Waals surface area contributed by atoms with Crippen LogP contribution >= 0.6 is 0 Å². The van der Waals surface area contributed by atoms with E-state index in [1.165, 1.54) is 0 Å². The molecule has 2 saturated heterocycles. The molecule has 0 aromatic heterocycles. The average Bonchev–Trinajstić information content (AvgIpc) is 2.60. The molecular formula is C12H22N2O2. The molecule has 0 bridgehead atoms. The lowest BCUT2D eigenvalue weighted by Crippen LogP contribution is -2.64. The molecule has 2 fully saturated rings. The maximum Gasteiger partial charge on any atom is 0.227 e. The van der Waals surface area contributed by atoms with Gasteiger partial charge >= 0.3 is 0 Å². The van der Waals surface area contributed by atoms with Crippen LogP contribution in [0.25, 0.3) is 0 Å². The minimum absolute atomic E-state index is 0.117. The Labute approximate surface area is 97.0 Å². The number of rotatable bonds is 3. The van der Waals surface area contributed by atoms with Gasteiger partial charge in [0.1, 0.15) is 0 Å². The summed E-state index contributed by atoms with van der Waals surface area (Å²) in [5, 5.41) is 13.3. The molecule has 2 N–H and O–H groups in total. The van der Waals surface area contributed by atoms with Crippen LogP contribution in [0, 0.1) is 11.8 Å². The molecule has 2 atom stereocenters. The van der Waals surface area contributed by atoms with Crippen LogP contribution in [0.1, 0.15) is 26.7 Å². The largest absolute Gasteiger partial charge is 0.386 e. The van der Waals surface area contributed by atoms with Crippen LogP contribution in [-0.4, -0.2) is 47.7 Å². The van der Waals surface area contributed by atoms with Gasteiger partial charge < -0.3 is 15.3 Å². The second kappa shape index (κ2) is 4.34. The van der Waals surface area contributed by atoms with E-state index in [4.69, 9.17) is 0 Å². The van der Waals surface area contributed by atoms with Crippen molar-refractivity contribution in [2.75, 3.05) is 26.2 Å². The summed E-state index contributed by atoms with van der Waals surface area (Å²) in [6, 6.07) is 0. The van der Waals surface area contributed by atoms with Gasteiger partial charge in [0.15, 0.2) is 0 Å². The molecule has 0 saturated carbocycles. The second-order valence-corrected chi connectivity index (χ2v) is 5.41. The fourth-order valence-electron chi connectivity index (χ4n) is 2.82. The summed E-state index contributed by atoms with van der Waals surface area (Å²) in [7, 11) is 0. The van der Waals surface area contributed by atoms with Crippen molar-refractivity contribution in [3.05, 3.63) is 0 Å². The highest BCUT2D eigenvalue weighted by Crippen LogP contribution is 2.29. The Morgan fingerprint density at radius 2 is 2.19 bits per heavy atom. The molecule has 0 aromatic carbocycles. The number of likely N-dealkylation sites (tertiary alicyclic amines) is 1. The minimum Gasteiger partial charge on any atom is -0.386 e. The molecule has 2 aliphatic heterocycles. The quantitative estimate of drug-likeness (QED) is 0.723. The number of carbonyl (C=O) groups excluding carboxylic acids is 1. The normalized spacial score (nSPS) is 32.6. The molecule has 0 aromatic rings. The molecule has 16 heavy (non-hydrogen) atoms. The third-order valence-electron chi connectivity index (χ3n) is 3.83. The van der Waals surface area contributed by atoms with E-state index in [0.717, 1.165) is 25.9 Å². The Morgan fingerprint density at radius 1 is 1.50 bits per heavy atom. The number of aliphatic hydroxyl groups is 1. The maximum absolute atomic E-state index is 12.1. The predicted octanol–water partition coefficient (Wildman–Crippen LogP) is 0.215. The zero-order chi connectivity index (χ0) is 11.8. The molecule has 92 valence electrons. The van der Waals surface area contributed by atoms with Crippen LogP contribution in [0.15, 0.2) is 0 Å². The zero-order valence-electron chi connectivity index (χ0n) is 10.2. The van der Waals surface area contributed by atoms with Gasteiger partial charge in [0.2, 0.25) is 5.91 Å². The molecule has 0 unspecified atom stereocenters. The van der Waals surface area contributed by atoms with E-state index >= 15 is 0 Å². The van der Waals surface area contributed by atoms with Crippen molar-refractivity contribution >= 4 is 5.91 Å². The van der Waals surface area contributed by atoms with Crippen LogP contribution < -0.4 is 5.32 Å². The predicted molar refractivity (Wildman–Crippen MR) is 62.0 cm³/mol. The van der Waals surface area contributed by atoms with Gasteiger partial charge in [0, 0.05) is 6.54 Å². The zero-order valence-corrected chi connectivity index (χ0v) is 10.2. The highest BCUT2D eigenvalue weighted by Gasteiger charge is 2.45. The van der Waals surface area contributed by atoms with E-state index in [9.17, 15) is 9.90 Å². The highest BCUT2D eigenvalue weighted by molar-refractivity contribution is 5.80. The van der Waals surface area contributed by atoms with Gasteiger partial charge in [-0.2, -0.15) is 0 Å². The molecule has 4 nitrogen and oxygen atoms in total. The van der Waals surface area contributed by atoms with Crippen molar-refractivity contribution in [2.45, 2.75) is 32.3 Å². The Bertz CT molecular complexity index is 274. The van der Waals surface area contributed by atoms with Crippen LogP contribution in [0.5, 0.6) is 0 Å². The van der Waals surface area contributed by atoms with Gasteiger partial charge in [-0.1, -0.05) is 20.3 Å². The second-order valence-electron chi connectivity index (χ2n) is 5.41. The number of hydrogen-bond acceptors (Lipinski definition) is 3. The Hall–Kier alpha value is -0.610. The molecule has 4 heteroatoms. The van der Waals surface area contributed by atoms with Gasteiger partial charge in [0.05, 0.1) is 24.6 Å². The van der Waals surface area contributed by atoms with E-state index in [-0.39, 0.29) is 11.8 Å². The first kappa shape index (κ1) is 11.9. The molecule has 0 aliphatic carbocycles. The first-order chi connectivity index (χ1) is 7.56. The lowest BCUT2D eigenvalue weighted by molar-refractivity contribution is -0.161. The van der Waals surface area contributed by atoms with E-state index < -0.39 is 5.60 Å². The van der Waals surface area contributed by atoms with E-state index in [1.54, 1.807) is 0 Å². The van der Waals surface area contributed by atoms with E-state index in [0.29, 0.717) is 19.0 Å². The number of β-amino-alcohol motifs (C(OH)–C–C–N with tert-alkyl or cyclic N) is 1. The van der Waals surface area contributed by atoms with Gasteiger partial charge in [-0.25, -0.2) is 0 Å². The fraction of sp³-hybridized carbons (Fsp3) is 0.917. The number of carbonyl (C=O) groups is 1. The van der Waals surface area contributed by atoms with Crippen molar-refractivity contribution in [3.63, 3.8) is 0 Å². The standard InChI is InChI=1S/C12H22N2O2/c1-3-4-12(16)7-14(8-12)11(15)10-6-13-5-9(10)2/h9-10,13,16H,3-8H2,1-2H3/t9-,10-/m1/s1. The molecule has 2 aliphatic rings. The molecule has 0 radical (unpaired) electrons. The monoisotopic (exact) mass is 226 g/mol. The fourth-order valence-corrected chi connectivity index (χ4v) is 2.82. The number of amides is 1. The van der Waals surface area contributed by atoms with Crippen LogP contribution in [0.2, 0.25) is 0 Å². The van der Waals surface area contributed by atoms with E-state index in [1.807, 2.05) is 4.90 Å². The van der Waals surface area contributed by atoms with Crippen molar-refractivity contribution in [3.8, 4) is 0 Å². The average molecular weight is 226 g/mol. The lowest BCUT2D eigenvalue weighted by Gasteiger charge is -2.47. The number of nitrogens with one attached hydrogen (secondary N) is 1. The first-order valence-electron chi connectivity index (χ1n) is 6.27. The van der Waals surface area contributed by atoms with Crippen molar-refractivity contribution in [2.24, 2.45) is 11.8 Å². The highest BCUT2D eigenvalue weighted by atomic mass is 16.3. The van der Waals surface area contributed by atoms with Crippen molar-refractivity contribution in [1.82, 2.24) is 10.2 Å². The lowest BCUT2D eigenvalue weighted by atomic mass is 9.86. The summed E-state index contributed by atoms with van der Waals surface area (Å²) in [5.74, 6) is 0.761. The molecular weight excluding hydrogens is 204 g/mol.